The van der Waals surface area contributed by atoms with E-state index in [1.165, 1.54) is 21.8 Å². The van der Waals surface area contributed by atoms with Gasteiger partial charge >= 0.3 is 0 Å². The zero-order valence-corrected chi connectivity index (χ0v) is 18.1. The van der Waals surface area contributed by atoms with Gasteiger partial charge in [0.1, 0.15) is 10.5 Å². The van der Waals surface area contributed by atoms with Crippen molar-refractivity contribution in [3.05, 3.63) is 50.7 Å². The highest BCUT2D eigenvalue weighted by Crippen LogP contribution is 2.47. The van der Waals surface area contributed by atoms with Gasteiger partial charge in [-0.2, -0.15) is 0 Å². The van der Waals surface area contributed by atoms with Crippen LogP contribution in [0, 0.1) is 13.8 Å². The van der Waals surface area contributed by atoms with E-state index in [4.69, 9.17) is 4.74 Å². The van der Waals surface area contributed by atoms with Gasteiger partial charge in [0.05, 0.1) is 34.1 Å². The Balaban J connectivity index is 1.38. The highest BCUT2D eigenvalue weighted by Gasteiger charge is 2.43. The van der Waals surface area contributed by atoms with Crippen molar-refractivity contribution in [2.75, 3.05) is 19.7 Å². The molecule has 29 heavy (non-hydrogen) atoms. The Hall–Kier alpha value is -2.16. The van der Waals surface area contributed by atoms with Crippen LogP contribution >= 0.6 is 22.7 Å². The highest BCUT2D eigenvalue weighted by atomic mass is 32.1. The van der Waals surface area contributed by atoms with E-state index in [-0.39, 0.29) is 11.5 Å². The maximum absolute atomic E-state index is 13.0. The third-order valence-electron chi connectivity index (χ3n) is 5.74. The summed E-state index contributed by atoms with van der Waals surface area (Å²) in [5.41, 5.74) is 2.82. The lowest BCUT2D eigenvalue weighted by atomic mass is 9.85. The lowest BCUT2D eigenvalue weighted by Crippen LogP contribution is -2.47. The molecule has 5 heterocycles. The van der Waals surface area contributed by atoms with Gasteiger partial charge in [-0.05, 0) is 44.7 Å². The summed E-state index contributed by atoms with van der Waals surface area (Å²) in [6, 6.07) is 2.25. The molecule has 3 aromatic rings. The zero-order chi connectivity index (χ0) is 20.0. The number of thiazole rings is 1. The van der Waals surface area contributed by atoms with E-state index in [0.29, 0.717) is 13.1 Å². The maximum atomic E-state index is 13.0. The number of piperidine rings is 1. The number of ether oxygens (including phenoxy) is 1. The first-order chi connectivity index (χ1) is 14.1. The van der Waals surface area contributed by atoms with Gasteiger partial charge in [-0.3, -0.25) is 14.8 Å². The molecule has 1 spiro atoms. The Morgan fingerprint density at radius 1 is 1.21 bits per heavy atom. The van der Waals surface area contributed by atoms with Gasteiger partial charge in [0.2, 0.25) is 0 Å². The molecule has 2 aliphatic rings. The highest BCUT2D eigenvalue weighted by molar-refractivity contribution is 7.15. The first-order valence-electron chi connectivity index (χ1n) is 9.82. The van der Waals surface area contributed by atoms with E-state index in [2.05, 4.69) is 21.0 Å². The number of rotatable bonds is 2. The van der Waals surface area contributed by atoms with Gasteiger partial charge in [0.25, 0.3) is 5.91 Å². The van der Waals surface area contributed by atoms with Crippen molar-refractivity contribution in [1.29, 1.82) is 0 Å². The molecule has 3 aromatic heterocycles. The first kappa shape index (κ1) is 18.8. The minimum absolute atomic E-state index is 0.102. The number of likely N-dealkylation sites (tertiary alicyclic amines) is 1. The van der Waals surface area contributed by atoms with Crippen LogP contribution in [0.3, 0.4) is 0 Å². The fraction of sp³-hybridized carbons (Fsp3) is 0.429. The smallest absolute Gasteiger partial charge is 0.265 e. The summed E-state index contributed by atoms with van der Waals surface area (Å²) in [6.45, 7) is 5.99. The molecule has 6 nitrogen and oxygen atoms in total. The Morgan fingerprint density at radius 3 is 2.72 bits per heavy atom. The molecule has 0 saturated carbocycles. The molecule has 2 aliphatic heterocycles. The normalized spacial score (nSPS) is 18.1. The van der Waals surface area contributed by atoms with Crippen molar-refractivity contribution < 1.29 is 9.53 Å². The Morgan fingerprint density at radius 2 is 2.03 bits per heavy atom. The standard InChI is InChI=1S/C21H22N4O2S2/c1-13-18(28-14(2)24-13)20(26)25-8-4-21(5-9-25)19-15(3-10-27-21)11-17(29-19)16-12-22-6-7-23-16/h6-7,11-12H,3-5,8-10H2,1-2H3. The number of fused-ring (bicyclic) bond motifs is 2. The summed E-state index contributed by atoms with van der Waals surface area (Å²) >= 11 is 3.26. The van der Waals surface area contributed by atoms with E-state index in [0.717, 1.165) is 52.0 Å². The average molecular weight is 427 g/mol. The molecule has 150 valence electrons. The summed E-state index contributed by atoms with van der Waals surface area (Å²) in [5, 5.41) is 0.940. The quantitative estimate of drug-likeness (QED) is 0.620. The van der Waals surface area contributed by atoms with Gasteiger partial charge in [-0.1, -0.05) is 0 Å². The molecule has 0 atom stereocenters. The van der Waals surface area contributed by atoms with Crippen molar-refractivity contribution >= 4 is 28.6 Å². The number of hydrogen-bond donors (Lipinski definition) is 0. The van der Waals surface area contributed by atoms with Crippen molar-refractivity contribution in [1.82, 2.24) is 19.9 Å². The number of hydrogen-bond acceptors (Lipinski definition) is 7. The lowest BCUT2D eigenvalue weighted by molar-refractivity contribution is -0.0905. The second kappa shape index (κ2) is 7.27. The van der Waals surface area contributed by atoms with Crippen LogP contribution in [-0.4, -0.2) is 45.5 Å². The van der Waals surface area contributed by atoms with Crippen molar-refractivity contribution in [2.24, 2.45) is 0 Å². The molecular formula is C21H22N4O2S2. The number of nitrogens with zero attached hydrogens (tertiary/aromatic N) is 4. The number of carbonyl (C=O) groups is 1. The molecule has 0 N–H and O–H groups in total. The van der Waals surface area contributed by atoms with Crippen LogP contribution in [-0.2, 0) is 16.8 Å². The van der Waals surface area contributed by atoms with Crippen LogP contribution < -0.4 is 0 Å². The van der Waals surface area contributed by atoms with Gasteiger partial charge < -0.3 is 9.64 Å². The van der Waals surface area contributed by atoms with Crippen LogP contribution in [0.15, 0.2) is 24.7 Å². The van der Waals surface area contributed by atoms with E-state index < -0.39 is 0 Å². The lowest BCUT2D eigenvalue weighted by Gasteiger charge is -2.43. The molecule has 1 amide bonds. The minimum Gasteiger partial charge on any atom is -0.369 e. The Bertz CT molecular complexity index is 1050. The molecule has 8 heteroatoms. The van der Waals surface area contributed by atoms with Crippen molar-refractivity contribution in [3.8, 4) is 10.6 Å². The predicted molar refractivity (Wildman–Crippen MR) is 113 cm³/mol. The van der Waals surface area contributed by atoms with Gasteiger partial charge in [-0.25, -0.2) is 4.98 Å². The van der Waals surface area contributed by atoms with E-state index in [1.54, 1.807) is 23.7 Å². The largest absolute Gasteiger partial charge is 0.369 e. The SMILES string of the molecule is Cc1nc(C)c(C(=O)N2CCC3(CC2)OCCc2cc(-c4cnccn4)sc23)s1. The van der Waals surface area contributed by atoms with Crippen molar-refractivity contribution in [3.63, 3.8) is 0 Å². The number of aryl methyl sites for hydroxylation is 2. The molecule has 0 radical (unpaired) electrons. The molecule has 1 saturated heterocycles. The summed E-state index contributed by atoms with van der Waals surface area (Å²) in [4.78, 5) is 31.2. The van der Waals surface area contributed by atoms with Gasteiger partial charge in [0, 0.05) is 30.4 Å². The summed E-state index contributed by atoms with van der Waals surface area (Å²) in [6.07, 6.45) is 7.81. The van der Waals surface area contributed by atoms with Crippen LogP contribution in [0.4, 0.5) is 0 Å². The van der Waals surface area contributed by atoms with Gasteiger partial charge in [-0.15, -0.1) is 22.7 Å². The molecule has 5 rings (SSSR count). The number of thiophene rings is 1. The Labute approximate surface area is 177 Å². The minimum atomic E-state index is -0.284. The zero-order valence-electron chi connectivity index (χ0n) is 16.5. The molecule has 0 unspecified atom stereocenters. The monoisotopic (exact) mass is 426 g/mol. The number of aromatic nitrogens is 3. The summed E-state index contributed by atoms with van der Waals surface area (Å²) in [7, 11) is 0. The van der Waals surface area contributed by atoms with E-state index >= 15 is 0 Å². The molecule has 0 aliphatic carbocycles. The maximum Gasteiger partial charge on any atom is 0.265 e. The van der Waals surface area contributed by atoms with Crippen LogP contribution in [0.2, 0.25) is 0 Å². The molecule has 0 aromatic carbocycles. The third kappa shape index (κ3) is 3.29. The number of amides is 1. The fourth-order valence-corrected chi connectivity index (χ4v) is 6.55. The van der Waals surface area contributed by atoms with E-state index in [9.17, 15) is 4.79 Å². The summed E-state index contributed by atoms with van der Waals surface area (Å²) < 4.78 is 6.37. The van der Waals surface area contributed by atoms with Crippen LogP contribution in [0.1, 0.15) is 43.7 Å². The van der Waals surface area contributed by atoms with Gasteiger partial charge in [0.15, 0.2) is 0 Å². The molecule has 1 fully saturated rings. The van der Waals surface area contributed by atoms with E-state index in [1.807, 2.05) is 24.9 Å². The number of carbonyl (C=O) groups excluding carboxylic acids is 1. The fourth-order valence-electron chi connectivity index (χ4n) is 4.29. The van der Waals surface area contributed by atoms with Crippen LogP contribution in [0.5, 0.6) is 0 Å². The van der Waals surface area contributed by atoms with Crippen molar-refractivity contribution in [2.45, 2.75) is 38.7 Å². The molecule has 0 bridgehead atoms. The topological polar surface area (TPSA) is 68.2 Å². The molecular weight excluding hydrogens is 404 g/mol. The predicted octanol–water partition coefficient (Wildman–Crippen LogP) is 3.98. The third-order valence-corrected chi connectivity index (χ3v) is 8.19. The Kier molecular flexibility index (Phi) is 4.72. The van der Waals surface area contributed by atoms with Crippen LogP contribution in [0.25, 0.3) is 10.6 Å². The first-order valence-corrected chi connectivity index (χ1v) is 11.5. The average Bonchev–Trinajstić information content (AvgIpc) is 3.33. The second-order valence-electron chi connectivity index (χ2n) is 7.59. The summed E-state index contributed by atoms with van der Waals surface area (Å²) in [5.74, 6) is 0.102. The second-order valence-corrected chi connectivity index (χ2v) is 9.84.